The fourth-order valence-electron chi connectivity index (χ4n) is 7.07. The third kappa shape index (κ3) is 22.6. The van der Waals surface area contributed by atoms with Gasteiger partial charge in [-0.25, -0.2) is 0 Å². The topological polar surface area (TPSA) is 281 Å². The van der Waals surface area contributed by atoms with Crippen molar-refractivity contribution in [1.29, 1.82) is 0 Å². The van der Waals surface area contributed by atoms with E-state index in [0.717, 1.165) is 43.9 Å². The first-order valence-electron chi connectivity index (χ1n) is 21.6. The number of carbonyl (C=O) groups is 2. The van der Waals surface area contributed by atoms with Gasteiger partial charge in [-0.3, -0.25) is 39.6 Å². The van der Waals surface area contributed by atoms with Crippen molar-refractivity contribution in [2.75, 3.05) is 68.8 Å². The van der Waals surface area contributed by atoms with E-state index in [-0.39, 0.29) is 72.7 Å². The number of carbonyl (C=O) groups excluding carboxylic acids is 2. The van der Waals surface area contributed by atoms with Gasteiger partial charge in [0.1, 0.15) is 0 Å². The molecule has 27 heteroatoms. The number of nitrogens with one attached hydrogen (secondary N) is 1. The van der Waals surface area contributed by atoms with Gasteiger partial charge in [-0.2, -0.15) is 19.9 Å². The van der Waals surface area contributed by atoms with Gasteiger partial charge in [0.05, 0.1) is 35.9 Å². The number of halogens is 3. The van der Waals surface area contributed by atoms with Crippen LogP contribution in [-0.4, -0.2) is 118 Å². The third-order valence-electron chi connectivity index (χ3n) is 9.97. The maximum atomic E-state index is 12.0. The average molecular weight is 1050 g/mol. The molecule has 0 amide bonds. The van der Waals surface area contributed by atoms with Crippen LogP contribution >= 0.6 is 46.9 Å². The van der Waals surface area contributed by atoms with E-state index in [4.69, 9.17) is 60.4 Å². The van der Waals surface area contributed by atoms with Gasteiger partial charge < -0.3 is 31.2 Å². The average Bonchev–Trinajstić information content (AvgIpc) is 4.03. The predicted molar refractivity (Wildman–Crippen MR) is 275 cm³/mol. The molecule has 378 valence electrons. The van der Waals surface area contributed by atoms with Crippen LogP contribution in [0.3, 0.4) is 0 Å². The molecule has 70 heavy (non-hydrogen) atoms. The molecule has 4 heterocycles. The monoisotopic (exact) mass is 1050 g/mol. The Bertz CT molecular complexity index is 2250. The zero-order chi connectivity index (χ0) is 51.3. The summed E-state index contributed by atoms with van der Waals surface area (Å²) in [5, 5.41) is 24.5. The van der Waals surface area contributed by atoms with Crippen LogP contribution in [-0.2, 0) is 49.9 Å². The Balaban J connectivity index is 0.000000553. The molecule has 2 aliphatic heterocycles. The van der Waals surface area contributed by atoms with Crippen molar-refractivity contribution >= 4 is 102 Å². The molecule has 4 aromatic rings. The molecule has 2 saturated heterocycles. The summed E-state index contributed by atoms with van der Waals surface area (Å²) in [4.78, 5) is 64.8. The van der Waals surface area contributed by atoms with Crippen LogP contribution in [0, 0.1) is 20.2 Å². The van der Waals surface area contributed by atoms with Gasteiger partial charge in [-0.1, -0.05) is 67.6 Å². The van der Waals surface area contributed by atoms with Crippen molar-refractivity contribution in [2.24, 2.45) is 0 Å². The van der Waals surface area contributed by atoms with Crippen LogP contribution in [0.15, 0.2) is 48.5 Å². The van der Waals surface area contributed by atoms with Crippen molar-refractivity contribution < 1.29 is 33.6 Å². The number of esters is 2. The number of nitrogens with zero attached hydrogens (tertiary/aromatic N) is 9. The number of nitrogen functional groups attached to an aromatic ring is 2. The van der Waals surface area contributed by atoms with E-state index in [9.17, 15) is 29.8 Å². The first kappa shape index (κ1) is 62.7. The molecule has 0 saturated carbocycles. The fraction of sp³-hybridized carbons (Fsp3) is 0.488. The second kappa shape index (κ2) is 34.9. The minimum atomic E-state index is -0.770. The molecule has 2 aromatic heterocycles. The minimum absolute atomic E-state index is 0. The van der Waals surface area contributed by atoms with Gasteiger partial charge in [0.2, 0.25) is 33.2 Å². The van der Waals surface area contributed by atoms with E-state index in [2.05, 4.69) is 97.9 Å². The quantitative estimate of drug-likeness (QED) is 0.0159. The molecule has 2 aliphatic rings. The molecule has 0 atom stereocenters. The van der Waals surface area contributed by atoms with Crippen molar-refractivity contribution in [3.05, 3.63) is 107 Å². The van der Waals surface area contributed by atoms with Crippen molar-refractivity contribution in [1.82, 2.24) is 35.1 Å². The molecule has 6 rings (SSSR count). The summed E-state index contributed by atoms with van der Waals surface area (Å²) in [7, 11) is 3.25. The van der Waals surface area contributed by atoms with Gasteiger partial charge in [0.15, 0.2) is 0 Å². The van der Waals surface area contributed by atoms with Crippen LogP contribution in [0.1, 0.15) is 82.1 Å². The summed E-state index contributed by atoms with van der Waals surface area (Å²) in [6.07, 6.45) is 5.54. The Hall–Kier alpha value is -5.36. The van der Waals surface area contributed by atoms with E-state index >= 15 is 0 Å². The van der Waals surface area contributed by atoms with Crippen LogP contribution in [0.25, 0.3) is 0 Å². The van der Waals surface area contributed by atoms with E-state index in [1.807, 2.05) is 19.1 Å². The summed E-state index contributed by atoms with van der Waals surface area (Å²) in [6, 6.07) is 16.7. The van der Waals surface area contributed by atoms with Gasteiger partial charge in [-0.15, -0.1) is 0 Å². The van der Waals surface area contributed by atoms with Crippen LogP contribution in [0.5, 0.6) is 0 Å². The second-order valence-corrected chi connectivity index (χ2v) is 15.9. The Kier molecular flexibility index (Phi) is 31.2. The summed E-state index contributed by atoms with van der Waals surface area (Å²) in [6.45, 7) is 16.7. The first-order chi connectivity index (χ1) is 33.2. The van der Waals surface area contributed by atoms with E-state index in [1.54, 1.807) is 11.8 Å². The van der Waals surface area contributed by atoms with Gasteiger partial charge >= 0.3 is 54.5 Å². The number of aromatic nitrogens is 4. The number of rotatable bonds is 19. The standard InChI is InChI=1S/C21H27ClN6O4.C17H26N2O2.C4H2Cl2N4O2.CH4.BO.BS/c1-2-32-17(29)8-11-27(20-18(28(30)31)19(23)24-21(22)25-20)14-16-7-5-6-15(12-16)13-26-9-3-4-10-26;1-2-21-17(20)8-9-18-13-15-6-5-7-16(12-15)14-19-10-3-4-11-19;5-2-1(10(11)12)3(7)9-4(6)8-2;;2*1-2/h5-7,12H,2-4,8-11,13-14H2,1H3,(H2,23,24,25);5-7,12,18H,2-4,8-11,13-14H2,1H3;(H2,7,8,9);1H4;;. The summed E-state index contributed by atoms with van der Waals surface area (Å²) < 4.78 is 17.7. The Morgan fingerprint density at radius 2 is 1.19 bits per heavy atom. The number of nitrogens with two attached hydrogens (primary N) is 2. The first-order valence-corrected chi connectivity index (χ1v) is 23.2. The number of hydrogen-bond acceptors (Lipinski definition) is 20. The number of anilines is 3. The van der Waals surface area contributed by atoms with Crippen LogP contribution < -0.4 is 21.7 Å². The number of nitro groups is 2. The van der Waals surface area contributed by atoms with Crippen molar-refractivity contribution in [3.8, 4) is 0 Å². The van der Waals surface area contributed by atoms with Crippen molar-refractivity contribution in [3.63, 3.8) is 0 Å². The maximum absolute atomic E-state index is 12.0. The zero-order valence-corrected chi connectivity index (χ0v) is 41.5. The Labute approximate surface area is 430 Å². The fourth-order valence-corrected chi connectivity index (χ4v) is 7.71. The van der Waals surface area contributed by atoms with E-state index in [1.165, 1.54) is 49.9 Å². The SMILES string of the molecule is C.CCOC(=O)CCN(Cc1cccc(CN2CCCC2)c1)c1nc(Cl)nc(N)c1[N+](=O)[O-].CCOC(=O)CCNCc1cccc(CN2CCCC2)c1.Nc1nc(Cl)nc(Cl)c1[N+](=O)[O-].[B]=O.[B]=S. The molecule has 2 radical (unpaired) electrons. The zero-order valence-electron chi connectivity index (χ0n) is 38.4. The normalized spacial score (nSPS) is 12.7. The summed E-state index contributed by atoms with van der Waals surface area (Å²) in [5.41, 5.74) is 14.7. The molecule has 21 nitrogen and oxygen atoms in total. The van der Waals surface area contributed by atoms with Crippen molar-refractivity contribution in [2.45, 2.75) is 86.0 Å². The van der Waals surface area contributed by atoms with E-state index in [0.29, 0.717) is 19.6 Å². The van der Waals surface area contributed by atoms with Gasteiger partial charge in [0, 0.05) is 39.3 Å². The van der Waals surface area contributed by atoms with E-state index < -0.39 is 27.2 Å². The summed E-state index contributed by atoms with van der Waals surface area (Å²) in [5.74, 6) is -1.23. The molecular formula is C43H59B2Cl3N12O9S. The molecule has 5 N–H and O–H groups in total. The number of benzene rings is 2. The van der Waals surface area contributed by atoms with Gasteiger partial charge in [0.25, 0.3) is 0 Å². The molecule has 0 aliphatic carbocycles. The number of likely N-dealkylation sites (tertiary alicyclic amines) is 2. The molecule has 0 unspecified atom stereocenters. The predicted octanol–water partition coefficient (Wildman–Crippen LogP) is 7.18. The second-order valence-electron chi connectivity index (χ2n) is 14.9. The number of hydrogen-bond donors (Lipinski definition) is 3. The van der Waals surface area contributed by atoms with Gasteiger partial charge in [-0.05, 0) is 111 Å². The molecule has 2 aromatic carbocycles. The van der Waals surface area contributed by atoms with Crippen LogP contribution in [0.2, 0.25) is 15.7 Å². The molecule has 0 spiro atoms. The third-order valence-corrected chi connectivity index (χ3v) is 10.6. The summed E-state index contributed by atoms with van der Waals surface area (Å²) >= 11 is 20.2. The Morgan fingerprint density at radius 3 is 1.67 bits per heavy atom. The molecule has 2 fully saturated rings. The molecule has 0 bridgehead atoms. The molecular weight excluding hydrogens is 989 g/mol. The Morgan fingerprint density at radius 1 is 0.743 bits per heavy atom. The van der Waals surface area contributed by atoms with Crippen LogP contribution in [0.4, 0.5) is 28.8 Å². The number of ether oxygens (including phenoxy) is 2.